The largest absolute Gasteiger partial charge is 0.573 e. The van der Waals surface area contributed by atoms with E-state index in [-0.39, 0.29) is 56.2 Å². The molecule has 5 rings (SSSR count). The number of anilines is 2. The highest BCUT2D eigenvalue weighted by molar-refractivity contribution is 5.97. The zero-order chi connectivity index (χ0) is 30.8. The number of amides is 1. The standard InChI is InChI=1S/C31H30F4N2O6/c1-41-22-6-2-20(3-7-22)18-37-27(38)13-10-24-26(12-11-25(32)28(24)37)42-19-30(29(39)40)14-16-36(17-15-30)21-4-8-23(9-5-21)43-31(33,34)35/h2-9,11-12H,10,13-19H2,1H3,(H,39,40). The van der Waals surface area contributed by atoms with Crippen LogP contribution in [-0.4, -0.2) is 50.2 Å². The molecule has 3 aromatic rings. The average Bonchev–Trinajstić information content (AvgIpc) is 2.98. The van der Waals surface area contributed by atoms with Crippen molar-refractivity contribution in [1.29, 1.82) is 0 Å². The lowest BCUT2D eigenvalue weighted by molar-refractivity contribution is -0.274. The van der Waals surface area contributed by atoms with Crippen molar-refractivity contribution in [3.05, 3.63) is 77.6 Å². The molecular weight excluding hydrogens is 572 g/mol. The highest BCUT2D eigenvalue weighted by Crippen LogP contribution is 2.40. The van der Waals surface area contributed by atoms with Crippen LogP contribution in [0, 0.1) is 11.2 Å². The number of carbonyl (C=O) groups excluding carboxylic acids is 1. The lowest BCUT2D eigenvalue weighted by Gasteiger charge is -2.40. The second-order valence-corrected chi connectivity index (χ2v) is 10.6. The molecule has 1 amide bonds. The van der Waals surface area contributed by atoms with Crippen molar-refractivity contribution < 1.29 is 46.5 Å². The Morgan fingerprint density at radius 1 is 0.953 bits per heavy atom. The van der Waals surface area contributed by atoms with Gasteiger partial charge in [-0.1, -0.05) is 12.1 Å². The first-order chi connectivity index (χ1) is 20.5. The number of carboxylic acids is 1. The number of fused-ring (bicyclic) bond motifs is 1. The van der Waals surface area contributed by atoms with Crippen molar-refractivity contribution in [3.63, 3.8) is 0 Å². The third kappa shape index (κ3) is 6.63. The summed E-state index contributed by atoms with van der Waals surface area (Å²) < 4.78 is 67.8. The van der Waals surface area contributed by atoms with Gasteiger partial charge in [0.25, 0.3) is 0 Å². The van der Waals surface area contributed by atoms with Gasteiger partial charge in [0.1, 0.15) is 35.1 Å². The Hall–Kier alpha value is -4.48. The summed E-state index contributed by atoms with van der Waals surface area (Å²) in [5.41, 5.74) is 0.828. The number of rotatable bonds is 9. The number of aliphatic carboxylic acids is 1. The fourth-order valence-corrected chi connectivity index (χ4v) is 5.52. The van der Waals surface area contributed by atoms with Crippen molar-refractivity contribution in [1.82, 2.24) is 0 Å². The minimum Gasteiger partial charge on any atom is -0.497 e. The van der Waals surface area contributed by atoms with Gasteiger partial charge in [0.05, 0.1) is 19.3 Å². The highest BCUT2D eigenvalue weighted by Gasteiger charge is 2.43. The number of hydrogen-bond donors (Lipinski definition) is 1. The summed E-state index contributed by atoms with van der Waals surface area (Å²) in [6.45, 7) is 0.648. The third-order valence-electron chi connectivity index (χ3n) is 7.96. The molecule has 2 aliphatic rings. The van der Waals surface area contributed by atoms with Crippen molar-refractivity contribution >= 4 is 23.3 Å². The number of alkyl halides is 3. The minimum absolute atomic E-state index is 0.127. The monoisotopic (exact) mass is 602 g/mol. The summed E-state index contributed by atoms with van der Waals surface area (Å²) in [6, 6.07) is 15.2. The second kappa shape index (κ2) is 12.0. The molecule has 43 heavy (non-hydrogen) atoms. The summed E-state index contributed by atoms with van der Waals surface area (Å²) in [7, 11) is 1.55. The van der Waals surface area contributed by atoms with E-state index in [1.165, 1.54) is 41.3 Å². The van der Waals surface area contributed by atoms with Crippen LogP contribution in [-0.2, 0) is 22.6 Å². The predicted octanol–water partition coefficient (Wildman–Crippen LogP) is 5.96. The first-order valence-electron chi connectivity index (χ1n) is 13.7. The fourth-order valence-electron chi connectivity index (χ4n) is 5.52. The van der Waals surface area contributed by atoms with Crippen LogP contribution in [0.5, 0.6) is 17.2 Å². The summed E-state index contributed by atoms with van der Waals surface area (Å²) >= 11 is 0. The van der Waals surface area contributed by atoms with Gasteiger partial charge in [0.15, 0.2) is 0 Å². The number of halogens is 4. The molecule has 12 heteroatoms. The van der Waals surface area contributed by atoms with E-state index in [9.17, 15) is 27.9 Å². The SMILES string of the molecule is COc1ccc(CN2C(=O)CCc3c(OCC4(C(=O)O)CCN(c5ccc(OC(F)(F)F)cc5)CC4)ccc(F)c32)cc1. The number of hydrogen-bond acceptors (Lipinski definition) is 6. The van der Waals surface area contributed by atoms with E-state index in [4.69, 9.17) is 9.47 Å². The molecule has 1 saturated heterocycles. The zero-order valence-corrected chi connectivity index (χ0v) is 23.3. The number of carboxylic acid groups (broad SMARTS) is 1. The maximum absolute atomic E-state index is 15.2. The maximum Gasteiger partial charge on any atom is 0.573 e. The molecule has 1 fully saturated rings. The van der Waals surface area contributed by atoms with Crippen LogP contribution >= 0.6 is 0 Å². The molecule has 0 aliphatic carbocycles. The third-order valence-corrected chi connectivity index (χ3v) is 7.96. The van der Waals surface area contributed by atoms with Crippen LogP contribution in [0.1, 0.15) is 30.4 Å². The van der Waals surface area contributed by atoms with Gasteiger partial charge in [-0.05, 0) is 73.4 Å². The molecule has 228 valence electrons. The van der Waals surface area contributed by atoms with Gasteiger partial charge in [0.2, 0.25) is 5.91 Å². The van der Waals surface area contributed by atoms with Crippen LogP contribution in [0.2, 0.25) is 0 Å². The molecule has 0 saturated carbocycles. The van der Waals surface area contributed by atoms with E-state index < -0.39 is 23.6 Å². The van der Waals surface area contributed by atoms with E-state index >= 15 is 4.39 Å². The van der Waals surface area contributed by atoms with Gasteiger partial charge < -0.3 is 29.1 Å². The maximum atomic E-state index is 15.2. The Morgan fingerprint density at radius 2 is 1.60 bits per heavy atom. The smallest absolute Gasteiger partial charge is 0.497 e. The Morgan fingerprint density at radius 3 is 2.21 bits per heavy atom. The normalized spacial score (nSPS) is 16.4. The molecular formula is C31H30F4N2O6. The number of piperidine rings is 1. The average molecular weight is 603 g/mol. The van der Waals surface area contributed by atoms with Crippen LogP contribution in [0.4, 0.5) is 28.9 Å². The quantitative estimate of drug-likeness (QED) is 0.302. The van der Waals surface area contributed by atoms with Crippen LogP contribution in [0.3, 0.4) is 0 Å². The Labute approximate surface area is 245 Å². The molecule has 0 aromatic heterocycles. The minimum atomic E-state index is -4.79. The first-order valence-corrected chi connectivity index (χ1v) is 13.7. The van der Waals surface area contributed by atoms with Gasteiger partial charge in [-0.3, -0.25) is 9.59 Å². The van der Waals surface area contributed by atoms with Crippen LogP contribution in [0.15, 0.2) is 60.7 Å². The van der Waals surface area contributed by atoms with E-state index in [0.717, 1.165) is 5.56 Å². The molecule has 3 aromatic carbocycles. The van der Waals surface area contributed by atoms with Crippen molar-refractivity contribution in [2.45, 2.75) is 38.6 Å². The molecule has 1 N–H and O–H groups in total. The summed E-state index contributed by atoms with van der Waals surface area (Å²) in [5, 5.41) is 10.2. The number of nitrogens with zero attached hydrogens (tertiary/aromatic N) is 2. The van der Waals surface area contributed by atoms with E-state index in [1.807, 2.05) is 4.90 Å². The van der Waals surface area contributed by atoms with Crippen molar-refractivity contribution in [2.75, 3.05) is 36.6 Å². The van der Waals surface area contributed by atoms with Crippen molar-refractivity contribution in [3.8, 4) is 17.2 Å². The molecule has 2 aliphatic heterocycles. The van der Waals surface area contributed by atoms with E-state index in [1.54, 1.807) is 31.4 Å². The number of ether oxygens (including phenoxy) is 3. The van der Waals surface area contributed by atoms with Gasteiger partial charge in [-0.2, -0.15) is 0 Å². The van der Waals surface area contributed by atoms with Gasteiger partial charge >= 0.3 is 12.3 Å². The first kappa shape index (κ1) is 30.0. The zero-order valence-electron chi connectivity index (χ0n) is 23.3. The molecule has 0 atom stereocenters. The molecule has 8 nitrogen and oxygen atoms in total. The van der Waals surface area contributed by atoms with E-state index in [2.05, 4.69) is 4.74 Å². The van der Waals surface area contributed by atoms with Crippen LogP contribution in [0.25, 0.3) is 0 Å². The topological polar surface area (TPSA) is 88.5 Å². The van der Waals surface area contributed by atoms with Gasteiger partial charge in [-0.15, -0.1) is 13.2 Å². The van der Waals surface area contributed by atoms with E-state index in [0.29, 0.717) is 35.8 Å². The Kier molecular flexibility index (Phi) is 8.38. The van der Waals surface area contributed by atoms with Crippen molar-refractivity contribution in [2.24, 2.45) is 5.41 Å². The summed E-state index contributed by atoms with van der Waals surface area (Å²) in [5.74, 6) is -1.19. The molecule has 0 radical (unpaired) electrons. The number of methoxy groups -OCH3 is 1. The fraction of sp³-hybridized carbons (Fsp3) is 0.355. The lowest BCUT2D eigenvalue weighted by Crippen LogP contribution is -2.47. The summed E-state index contributed by atoms with van der Waals surface area (Å²) in [6.07, 6.45) is -3.96. The molecule has 0 unspecified atom stereocenters. The second-order valence-electron chi connectivity index (χ2n) is 10.6. The Bertz CT molecular complexity index is 1470. The lowest BCUT2D eigenvalue weighted by atomic mass is 9.79. The molecule has 0 spiro atoms. The molecule has 2 heterocycles. The van der Waals surface area contributed by atoms with Gasteiger partial charge in [-0.25, -0.2) is 4.39 Å². The Balaban J connectivity index is 1.29. The van der Waals surface area contributed by atoms with Crippen LogP contribution < -0.4 is 24.0 Å². The summed E-state index contributed by atoms with van der Waals surface area (Å²) in [4.78, 5) is 28.6. The van der Waals surface area contributed by atoms with Gasteiger partial charge in [0, 0.05) is 30.8 Å². The number of carbonyl (C=O) groups is 2. The highest BCUT2D eigenvalue weighted by atomic mass is 19.4. The predicted molar refractivity (Wildman–Crippen MR) is 149 cm³/mol. The number of benzene rings is 3. The molecule has 0 bridgehead atoms.